The second kappa shape index (κ2) is 12.1. The van der Waals surface area contributed by atoms with E-state index in [0.717, 1.165) is 5.56 Å². The largest absolute Gasteiger partial charge is 0.501 e. The number of thioether (sulfide) groups is 1. The van der Waals surface area contributed by atoms with Crippen LogP contribution in [0.1, 0.15) is 41.6 Å². The van der Waals surface area contributed by atoms with E-state index < -0.39 is 11.3 Å². The number of benzene rings is 2. The van der Waals surface area contributed by atoms with Crippen molar-refractivity contribution in [2.45, 2.75) is 37.5 Å². The van der Waals surface area contributed by atoms with Gasteiger partial charge in [0.05, 0.1) is 6.54 Å². The molecule has 2 aromatic rings. The van der Waals surface area contributed by atoms with E-state index in [1.54, 1.807) is 41.8 Å². The molecule has 0 aromatic heterocycles. The topological polar surface area (TPSA) is 86.6 Å². The van der Waals surface area contributed by atoms with Crippen LogP contribution in [0.5, 0.6) is 0 Å². The molecule has 2 aliphatic heterocycles. The highest BCUT2D eigenvalue weighted by atomic mass is 35.5. The lowest BCUT2D eigenvalue weighted by molar-refractivity contribution is -0.423. The predicted molar refractivity (Wildman–Crippen MR) is 140 cm³/mol. The SMILES string of the molecule is O=C(CCCCCN1C(=O)C2SC=CC2=[N+](CC(=O)c2ccccc2)C1=O)NCc1ccccc1Cl. The number of hydrogen-bond donors (Lipinski definition) is 1. The van der Waals surface area contributed by atoms with Crippen LogP contribution < -0.4 is 5.32 Å². The van der Waals surface area contributed by atoms with Crippen molar-refractivity contribution in [1.29, 1.82) is 0 Å². The van der Waals surface area contributed by atoms with Gasteiger partial charge < -0.3 is 5.32 Å². The summed E-state index contributed by atoms with van der Waals surface area (Å²) in [7, 11) is 0. The summed E-state index contributed by atoms with van der Waals surface area (Å²) in [5, 5.41) is 4.75. The molecule has 1 N–H and O–H groups in total. The van der Waals surface area contributed by atoms with Crippen molar-refractivity contribution >= 4 is 52.7 Å². The number of carbonyl (C=O) groups excluding carboxylic acids is 4. The van der Waals surface area contributed by atoms with Crippen molar-refractivity contribution in [3.8, 4) is 0 Å². The Morgan fingerprint density at radius 2 is 1.75 bits per heavy atom. The van der Waals surface area contributed by atoms with Crippen LogP contribution in [-0.2, 0) is 16.1 Å². The monoisotopic (exact) mass is 524 g/mol. The van der Waals surface area contributed by atoms with E-state index >= 15 is 0 Å². The number of allylic oxidation sites excluding steroid dienone is 1. The first-order valence-electron chi connectivity index (χ1n) is 11.9. The van der Waals surface area contributed by atoms with Gasteiger partial charge >= 0.3 is 11.9 Å². The second-order valence-corrected chi connectivity index (χ2v) is 9.99. The molecule has 36 heavy (non-hydrogen) atoms. The van der Waals surface area contributed by atoms with Crippen LogP contribution in [0, 0.1) is 0 Å². The Morgan fingerprint density at radius 1 is 1.00 bits per heavy atom. The van der Waals surface area contributed by atoms with E-state index in [0.29, 0.717) is 48.5 Å². The van der Waals surface area contributed by atoms with E-state index in [9.17, 15) is 19.2 Å². The third kappa shape index (κ3) is 6.12. The molecule has 0 bridgehead atoms. The summed E-state index contributed by atoms with van der Waals surface area (Å²) in [4.78, 5) is 52.4. The lowest BCUT2D eigenvalue weighted by Gasteiger charge is -2.24. The highest BCUT2D eigenvalue weighted by molar-refractivity contribution is 8.04. The average molecular weight is 525 g/mol. The normalized spacial score (nSPS) is 16.9. The maximum atomic E-state index is 13.2. The summed E-state index contributed by atoms with van der Waals surface area (Å²) >= 11 is 7.46. The Labute approximate surface area is 219 Å². The number of carbonyl (C=O) groups is 4. The number of nitrogens with one attached hydrogen (secondary N) is 1. The fraction of sp³-hybridized carbons (Fsp3) is 0.296. The number of ketones is 1. The summed E-state index contributed by atoms with van der Waals surface area (Å²) < 4.78 is 1.42. The van der Waals surface area contributed by atoms with Crippen LogP contribution in [0.4, 0.5) is 4.79 Å². The molecule has 1 atom stereocenters. The van der Waals surface area contributed by atoms with Crippen molar-refractivity contribution in [2.24, 2.45) is 0 Å². The number of unbranched alkanes of at least 4 members (excludes halogenated alkanes) is 2. The molecule has 0 saturated carbocycles. The zero-order chi connectivity index (χ0) is 25.5. The lowest BCUT2D eigenvalue weighted by Crippen LogP contribution is -2.56. The fourth-order valence-corrected chi connectivity index (χ4v) is 5.30. The van der Waals surface area contributed by atoms with Crippen molar-refractivity contribution in [2.75, 3.05) is 13.1 Å². The van der Waals surface area contributed by atoms with Gasteiger partial charge in [-0.1, -0.05) is 60.1 Å². The van der Waals surface area contributed by atoms with Crippen LogP contribution in [0.15, 0.2) is 66.1 Å². The van der Waals surface area contributed by atoms with Gasteiger partial charge in [-0.05, 0) is 42.4 Å². The summed E-state index contributed by atoms with van der Waals surface area (Å²) in [6, 6.07) is 15.7. The Kier molecular flexibility index (Phi) is 8.72. The first-order chi connectivity index (χ1) is 17.5. The molecule has 0 saturated heterocycles. The quantitative estimate of drug-likeness (QED) is 0.267. The van der Waals surface area contributed by atoms with Crippen LogP contribution in [0.3, 0.4) is 0 Å². The molecular formula is C27H27ClN3O4S+. The molecule has 0 radical (unpaired) electrons. The number of hydrogen-bond acceptors (Lipinski definition) is 5. The number of halogens is 1. The van der Waals surface area contributed by atoms with Gasteiger partial charge in [0.1, 0.15) is 5.71 Å². The van der Waals surface area contributed by atoms with E-state index in [-0.39, 0.29) is 30.7 Å². The first kappa shape index (κ1) is 25.9. The second-order valence-electron chi connectivity index (χ2n) is 8.57. The number of nitrogens with zero attached hydrogens (tertiary/aromatic N) is 2. The van der Waals surface area contributed by atoms with Crippen LogP contribution in [0.25, 0.3) is 0 Å². The van der Waals surface area contributed by atoms with Gasteiger partial charge in [-0.3, -0.25) is 9.59 Å². The number of rotatable bonds is 11. The number of fused-ring (bicyclic) bond motifs is 1. The molecule has 9 heteroatoms. The molecule has 0 spiro atoms. The Bertz CT molecular complexity index is 1230. The molecule has 7 nitrogen and oxygen atoms in total. The number of urea groups is 1. The maximum Gasteiger partial charge on any atom is 0.501 e. The Balaban J connectivity index is 1.28. The van der Waals surface area contributed by atoms with E-state index in [4.69, 9.17) is 11.6 Å². The molecule has 0 aliphatic carbocycles. The van der Waals surface area contributed by atoms with Crippen molar-refractivity contribution in [3.63, 3.8) is 0 Å². The molecule has 4 amide bonds. The molecular weight excluding hydrogens is 498 g/mol. The molecule has 2 heterocycles. The zero-order valence-corrected chi connectivity index (χ0v) is 21.3. The molecule has 4 rings (SSSR count). The molecule has 0 fully saturated rings. The van der Waals surface area contributed by atoms with Gasteiger partial charge in [-0.2, -0.15) is 14.3 Å². The lowest BCUT2D eigenvalue weighted by atomic mass is 10.1. The maximum absolute atomic E-state index is 13.2. The van der Waals surface area contributed by atoms with Crippen molar-refractivity contribution in [3.05, 3.63) is 82.2 Å². The van der Waals surface area contributed by atoms with Gasteiger partial charge in [0, 0.05) is 23.6 Å². The Hall–Kier alpha value is -3.23. The van der Waals surface area contributed by atoms with Crippen LogP contribution in [-0.4, -0.2) is 57.2 Å². The predicted octanol–water partition coefficient (Wildman–Crippen LogP) is 4.44. The van der Waals surface area contributed by atoms with Crippen molar-refractivity contribution < 1.29 is 23.8 Å². The van der Waals surface area contributed by atoms with Crippen LogP contribution in [0.2, 0.25) is 5.02 Å². The fourth-order valence-electron chi connectivity index (χ4n) is 4.13. The van der Waals surface area contributed by atoms with Crippen molar-refractivity contribution in [1.82, 2.24) is 10.2 Å². The minimum atomic E-state index is -0.512. The molecule has 2 aliphatic rings. The number of imide groups is 1. The third-order valence-corrected chi connectivity index (χ3v) is 7.48. The summed E-state index contributed by atoms with van der Waals surface area (Å²) in [5.41, 5.74) is 1.94. The Morgan fingerprint density at radius 3 is 2.53 bits per heavy atom. The van der Waals surface area contributed by atoms with E-state index in [1.165, 1.54) is 21.2 Å². The number of Topliss-reactive ketones (excluding diaryl/α,β-unsaturated/α-hetero) is 1. The van der Waals surface area contributed by atoms with Gasteiger partial charge in [0.2, 0.25) is 11.7 Å². The minimum absolute atomic E-state index is 0.0710. The average Bonchev–Trinajstić information content (AvgIpc) is 3.38. The smallest absolute Gasteiger partial charge is 0.352 e. The van der Waals surface area contributed by atoms with Crippen LogP contribution >= 0.6 is 23.4 Å². The summed E-state index contributed by atoms with van der Waals surface area (Å²) in [6.45, 7) is 0.507. The van der Waals surface area contributed by atoms with Gasteiger partial charge in [-0.25, -0.2) is 4.79 Å². The molecule has 186 valence electrons. The highest BCUT2D eigenvalue weighted by Crippen LogP contribution is 2.28. The van der Waals surface area contributed by atoms with Gasteiger partial charge in [0.15, 0.2) is 11.8 Å². The van der Waals surface area contributed by atoms with E-state index in [2.05, 4.69) is 5.32 Å². The van der Waals surface area contributed by atoms with Gasteiger partial charge in [-0.15, -0.1) is 11.8 Å². The standard InChI is InChI=1S/C27H26ClN3O4S/c28-21-12-7-6-11-20(21)17-29-24(33)13-5-2-8-15-30-26(34)25-22(14-16-36-25)31(27(30)35)18-23(32)19-9-3-1-4-10-19/h1,3-4,6-7,9-12,14,16,25H,2,5,8,13,15,17-18H2/p+1. The zero-order valence-electron chi connectivity index (χ0n) is 19.7. The minimum Gasteiger partial charge on any atom is -0.352 e. The number of amides is 4. The molecule has 1 unspecified atom stereocenters. The first-order valence-corrected chi connectivity index (χ1v) is 13.2. The summed E-state index contributed by atoms with van der Waals surface area (Å²) in [6.07, 6.45) is 3.99. The molecule has 2 aromatic carbocycles. The third-order valence-electron chi connectivity index (χ3n) is 6.10. The van der Waals surface area contributed by atoms with E-state index in [1.807, 2.05) is 24.3 Å². The highest BCUT2D eigenvalue weighted by Gasteiger charge is 2.49. The summed E-state index contributed by atoms with van der Waals surface area (Å²) in [5.74, 6) is -0.512. The van der Waals surface area contributed by atoms with Gasteiger partial charge in [0.25, 0.3) is 0 Å².